The highest BCUT2D eigenvalue weighted by Crippen LogP contribution is 2.21. The van der Waals surface area contributed by atoms with Crippen molar-refractivity contribution >= 4 is 23.2 Å². The Labute approximate surface area is 113 Å². The second-order valence-electron chi connectivity index (χ2n) is 4.63. The maximum absolute atomic E-state index is 11.7. The number of para-hydroxylation sites is 2. The molecule has 0 radical (unpaired) electrons. The number of hydrogen-bond donors (Lipinski definition) is 3. The van der Waals surface area contributed by atoms with Gasteiger partial charge in [0.05, 0.1) is 11.4 Å². The lowest BCUT2D eigenvalue weighted by atomic mass is 10.2. The number of carbonyl (C=O) groups excluding carboxylic acids is 2. The van der Waals surface area contributed by atoms with Gasteiger partial charge in [0.1, 0.15) is 0 Å². The van der Waals surface area contributed by atoms with Crippen molar-refractivity contribution in [3.8, 4) is 0 Å². The summed E-state index contributed by atoms with van der Waals surface area (Å²) in [6.07, 6.45) is 1.02. The van der Waals surface area contributed by atoms with E-state index in [1.165, 1.54) is 0 Å². The molecule has 0 saturated heterocycles. The van der Waals surface area contributed by atoms with Crippen molar-refractivity contribution in [3.05, 3.63) is 24.3 Å². The Morgan fingerprint density at radius 2 is 1.74 bits per heavy atom. The zero-order chi connectivity index (χ0) is 14.3. The van der Waals surface area contributed by atoms with E-state index < -0.39 is 0 Å². The van der Waals surface area contributed by atoms with Gasteiger partial charge >= 0.3 is 0 Å². The van der Waals surface area contributed by atoms with Crippen LogP contribution in [0.2, 0.25) is 0 Å². The molecule has 1 aromatic rings. The first-order valence-electron chi connectivity index (χ1n) is 6.44. The quantitative estimate of drug-likeness (QED) is 0.733. The summed E-state index contributed by atoms with van der Waals surface area (Å²) in [4.78, 5) is 23.3. The molecule has 4 N–H and O–H groups in total. The van der Waals surface area contributed by atoms with Gasteiger partial charge in [0, 0.05) is 12.3 Å². The van der Waals surface area contributed by atoms with Gasteiger partial charge in [0.2, 0.25) is 11.8 Å². The molecule has 0 aliphatic heterocycles. The second-order valence-corrected chi connectivity index (χ2v) is 4.63. The SMILES string of the molecule is CC(C)C(=O)Nc1ccccc1NC(=O)CCCN. The van der Waals surface area contributed by atoms with E-state index in [2.05, 4.69) is 10.6 Å². The van der Waals surface area contributed by atoms with E-state index in [9.17, 15) is 9.59 Å². The molecule has 0 unspecified atom stereocenters. The number of nitrogens with two attached hydrogens (primary N) is 1. The molecule has 1 rings (SSSR count). The summed E-state index contributed by atoms with van der Waals surface area (Å²) in [6.45, 7) is 4.12. The fourth-order valence-electron chi connectivity index (χ4n) is 1.45. The molecule has 1 aromatic carbocycles. The number of rotatable bonds is 6. The van der Waals surface area contributed by atoms with Crippen LogP contribution in [0, 0.1) is 5.92 Å². The second kappa shape index (κ2) is 7.53. The lowest BCUT2D eigenvalue weighted by molar-refractivity contribution is -0.119. The fraction of sp³-hybridized carbons (Fsp3) is 0.429. The van der Waals surface area contributed by atoms with Crippen molar-refractivity contribution < 1.29 is 9.59 Å². The third kappa shape index (κ3) is 5.09. The molecule has 19 heavy (non-hydrogen) atoms. The monoisotopic (exact) mass is 263 g/mol. The zero-order valence-electron chi connectivity index (χ0n) is 11.4. The van der Waals surface area contributed by atoms with E-state index in [-0.39, 0.29) is 17.7 Å². The van der Waals surface area contributed by atoms with E-state index in [0.717, 1.165) is 0 Å². The van der Waals surface area contributed by atoms with Crippen LogP contribution in [0.3, 0.4) is 0 Å². The van der Waals surface area contributed by atoms with Crippen molar-refractivity contribution in [2.24, 2.45) is 11.7 Å². The van der Waals surface area contributed by atoms with Gasteiger partial charge in [0.15, 0.2) is 0 Å². The molecule has 0 aromatic heterocycles. The first-order valence-corrected chi connectivity index (χ1v) is 6.44. The van der Waals surface area contributed by atoms with E-state index >= 15 is 0 Å². The lowest BCUT2D eigenvalue weighted by Crippen LogP contribution is -2.20. The van der Waals surface area contributed by atoms with Gasteiger partial charge < -0.3 is 16.4 Å². The van der Waals surface area contributed by atoms with Gasteiger partial charge in [-0.25, -0.2) is 0 Å². The Morgan fingerprint density at radius 1 is 1.16 bits per heavy atom. The average molecular weight is 263 g/mol. The third-order valence-electron chi connectivity index (χ3n) is 2.59. The Hall–Kier alpha value is -1.88. The normalized spacial score (nSPS) is 10.3. The largest absolute Gasteiger partial charge is 0.330 e. The minimum Gasteiger partial charge on any atom is -0.330 e. The van der Waals surface area contributed by atoms with Crippen LogP contribution >= 0.6 is 0 Å². The third-order valence-corrected chi connectivity index (χ3v) is 2.59. The van der Waals surface area contributed by atoms with Gasteiger partial charge in [-0.2, -0.15) is 0 Å². The van der Waals surface area contributed by atoms with Crippen molar-refractivity contribution in [3.63, 3.8) is 0 Å². The Balaban J connectivity index is 2.73. The van der Waals surface area contributed by atoms with Crippen LogP contribution in [-0.4, -0.2) is 18.4 Å². The first kappa shape index (κ1) is 15.2. The van der Waals surface area contributed by atoms with Gasteiger partial charge in [-0.3, -0.25) is 9.59 Å². The van der Waals surface area contributed by atoms with Gasteiger partial charge in [-0.05, 0) is 25.1 Å². The van der Waals surface area contributed by atoms with Crippen molar-refractivity contribution in [2.75, 3.05) is 17.2 Å². The number of carbonyl (C=O) groups is 2. The molecule has 2 amide bonds. The van der Waals surface area contributed by atoms with E-state index in [1.54, 1.807) is 12.1 Å². The summed E-state index contributed by atoms with van der Waals surface area (Å²) in [7, 11) is 0. The van der Waals surface area contributed by atoms with Crippen molar-refractivity contribution in [1.29, 1.82) is 0 Å². The topological polar surface area (TPSA) is 84.2 Å². The van der Waals surface area contributed by atoms with Crippen LogP contribution in [0.25, 0.3) is 0 Å². The Bertz CT molecular complexity index is 444. The van der Waals surface area contributed by atoms with Crippen LogP contribution < -0.4 is 16.4 Å². The fourth-order valence-corrected chi connectivity index (χ4v) is 1.45. The number of amides is 2. The number of benzene rings is 1. The molecule has 0 aliphatic rings. The number of nitrogens with one attached hydrogen (secondary N) is 2. The van der Waals surface area contributed by atoms with Crippen molar-refractivity contribution in [2.45, 2.75) is 26.7 Å². The standard InChI is InChI=1S/C14H21N3O2/c1-10(2)14(19)17-12-7-4-3-6-11(12)16-13(18)8-5-9-15/h3-4,6-7,10H,5,8-9,15H2,1-2H3,(H,16,18)(H,17,19). The van der Waals surface area contributed by atoms with Crippen molar-refractivity contribution in [1.82, 2.24) is 0 Å². The molecule has 104 valence electrons. The highest BCUT2D eigenvalue weighted by molar-refractivity contribution is 5.99. The van der Waals surface area contributed by atoms with Gasteiger partial charge in [-0.1, -0.05) is 26.0 Å². The number of hydrogen-bond acceptors (Lipinski definition) is 3. The van der Waals surface area contributed by atoms with Crippen LogP contribution in [0.5, 0.6) is 0 Å². The Kier molecular flexibility index (Phi) is 6.02. The lowest BCUT2D eigenvalue weighted by Gasteiger charge is -2.13. The van der Waals surface area contributed by atoms with E-state index in [1.807, 2.05) is 26.0 Å². The maximum Gasteiger partial charge on any atom is 0.226 e. The average Bonchev–Trinajstić information content (AvgIpc) is 2.38. The molecule has 5 heteroatoms. The summed E-state index contributed by atoms with van der Waals surface area (Å²) < 4.78 is 0. The summed E-state index contributed by atoms with van der Waals surface area (Å²) >= 11 is 0. The molecule has 0 bridgehead atoms. The smallest absolute Gasteiger partial charge is 0.226 e. The summed E-state index contributed by atoms with van der Waals surface area (Å²) in [5, 5.41) is 5.57. The zero-order valence-corrected chi connectivity index (χ0v) is 11.4. The van der Waals surface area contributed by atoms with Crippen LogP contribution in [0.1, 0.15) is 26.7 Å². The molecule has 0 atom stereocenters. The maximum atomic E-state index is 11.7. The van der Waals surface area contributed by atoms with E-state index in [4.69, 9.17) is 5.73 Å². The van der Waals surface area contributed by atoms with Gasteiger partial charge in [0.25, 0.3) is 0 Å². The van der Waals surface area contributed by atoms with Gasteiger partial charge in [-0.15, -0.1) is 0 Å². The predicted octanol–water partition coefficient (Wildman–Crippen LogP) is 1.96. The molecule has 0 aliphatic carbocycles. The highest BCUT2D eigenvalue weighted by Gasteiger charge is 2.11. The first-order chi connectivity index (χ1) is 9.04. The molecule has 5 nitrogen and oxygen atoms in total. The molecular formula is C14H21N3O2. The minimum absolute atomic E-state index is 0.0799. The van der Waals surface area contributed by atoms with Crippen LogP contribution in [0.4, 0.5) is 11.4 Å². The number of anilines is 2. The minimum atomic E-state index is -0.110. The van der Waals surface area contributed by atoms with E-state index in [0.29, 0.717) is 30.8 Å². The molecule has 0 heterocycles. The molecule has 0 spiro atoms. The summed E-state index contributed by atoms with van der Waals surface area (Å²) in [5.41, 5.74) is 6.59. The summed E-state index contributed by atoms with van der Waals surface area (Å²) in [5.74, 6) is -0.290. The molecular weight excluding hydrogens is 242 g/mol. The highest BCUT2D eigenvalue weighted by atomic mass is 16.2. The van der Waals surface area contributed by atoms with Crippen LogP contribution in [-0.2, 0) is 9.59 Å². The Morgan fingerprint density at radius 3 is 2.26 bits per heavy atom. The molecule has 0 saturated carbocycles. The summed E-state index contributed by atoms with van der Waals surface area (Å²) in [6, 6.07) is 7.14. The molecule has 0 fully saturated rings. The predicted molar refractivity (Wildman–Crippen MR) is 76.8 cm³/mol. The van der Waals surface area contributed by atoms with Crippen LogP contribution in [0.15, 0.2) is 24.3 Å².